The van der Waals surface area contributed by atoms with E-state index < -0.39 is 6.10 Å². The van der Waals surface area contributed by atoms with Crippen molar-refractivity contribution in [2.75, 3.05) is 0 Å². The molecular weight excluding hydrogens is 327 g/mol. The number of aromatic nitrogens is 3. The lowest BCUT2D eigenvalue weighted by atomic mass is 10.2. The zero-order chi connectivity index (χ0) is 16.3. The van der Waals surface area contributed by atoms with Crippen LogP contribution < -0.4 is 10.1 Å². The summed E-state index contributed by atoms with van der Waals surface area (Å²) in [6.07, 6.45) is 0.872. The van der Waals surface area contributed by atoms with Gasteiger partial charge in [0.1, 0.15) is 12.1 Å². The van der Waals surface area contributed by atoms with Crippen LogP contribution in [0.1, 0.15) is 25.7 Å². The molecule has 1 aromatic heterocycles. The predicted molar refractivity (Wildman–Crippen MR) is 84.1 cm³/mol. The maximum atomic E-state index is 12.2. The highest BCUT2D eigenvalue weighted by atomic mass is 35.5. The first-order valence-corrected chi connectivity index (χ1v) is 7.39. The van der Waals surface area contributed by atoms with Crippen molar-refractivity contribution in [2.45, 2.75) is 26.0 Å². The molecule has 118 valence electrons. The Labute approximate surface area is 138 Å². The minimum atomic E-state index is -0.704. The van der Waals surface area contributed by atoms with Gasteiger partial charge in [-0.15, -0.1) is 10.2 Å². The molecule has 6 nitrogen and oxygen atoms in total. The molecule has 0 saturated carbocycles. The van der Waals surface area contributed by atoms with Crippen LogP contribution in [0.2, 0.25) is 10.0 Å². The SMILES string of the molecule is C[C@H](Oc1cc(Cl)cc(Cl)c1)C(=O)N[C@@H](C)c1nncn1C. The summed E-state index contributed by atoms with van der Waals surface area (Å²) < 4.78 is 7.31. The van der Waals surface area contributed by atoms with Gasteiger partial charge < -0.3 is 14.6 Å². The van der Waals surface area contributed by atoms with Crippen molar-refractivity contribution in [1.82, 2.24) is 20.1 Å². The predicted octanol–water partition coefficient (Wildman–Crippen LogP) is 2.77. The Morgan fingerprint density at radius 1 is 1.27 bits per heavy atom. The van der Waals surface area contributed by atoms with Gasteiger partial charge in [0.2, 0.25) is 0 Å². The number of hydrogen-bond acceptors (Lipinski definition) is 4. The van der Waals surface area contributed by atoms with Crippen molar-refractivity contribution in [2.24, 2.45) is 7.05 Å². The molecule has 2 rings (SSSR count). The van der Waals surface area contributed by atoms with E-state index in [2.05, 4.69) is 15.5 Å². The largest absolute Gasteiger partial charge is 0.481 e. The van der Waals surface area contributed by atoms with E-state index in [0.29, 0.717) is 21.6 Å². The minimum absolute atomic E-state index is 0.272. The standard InChI is InChI=1S/C14H16Cl2N4O2/c1-8(13-19-17-7-20(13)3)18-14(21)9(2)22-12-5-10(15)4-11(16)6-12/h4-9H,1-3H3,(H,18,21)/t8-,9-/m0/s1. The van der Waals surface area contributed by atoms with Gasteiger partial charge in [0.15, 0.2) is 11.9 Å². The van der Waals surface area contributed by atoms with E-state index in [9.17, 15) is 4.79 Å². The topological polar surface area (TPSA) is 69.0 Å². The summed E-state index contributed by atoms with van der Waals surface area (Å²) in [4.78, 5) is 12.2. The molecule has 0 bridgehead atoms. The number of carbonyl (C=O) groups is 1. The Bertz CT molecular complexity index is 654. The molecule has 22 heavy (non-hydrogen) atoms. The second-order valence-electron chi connectivity index (χ2n) is 4.90. The molecule has 0 aliphatic rings. The van der Waals surface area contributed by atoms with Gasteiger partial charge in [-0.3, -0.25) is 4.79 Å². The number of aryl methyl sites for hydroxylation is 1. The van der Waals surface area contributed by atoms with Gasteiger partial charge in [0.05, 0.1) is 6.04 Å². The third-order valence-corrected chi connectivity index (χ3v) is 3.45. The number of hydrogen-bond donors (Lipinski definition) is 1. The van der Waals surface area contributed by atoms with E-state index in [-0.39, 0.29) is 11.9 Å². The van der Waals surface area contributed by atoms with Gasteiger partial charge in [-0.25, -0.2) is 0 Å². The number of halogens is 2. The van der Waals surface area contributed by atoms with Crippen LogP contribution in [0.5, 0.6) is 5.75 Å². The van der Waals surface area contributed by atoms with E-state index in [4.69, 9.17) is 27.9 Å². The van der Waals surface area contributed by atoms with Crippen LogP contribution in [0.3, 0.4) is 0 Å². The van der Waals surface area contributed by atoms with Crippen LogP contribution in [-0.4, -0.2) is 26.8 Å². The Hall–Kier alpha value is -1.79. The maximum absolute atomic E-state index is 12.2. The van der Waals surface area contributed by atoms with E-state index in [1.165, 1.54) is 0 Å². The summed E-state index contributed by atoms with van der Waals surface area (Å²) in [5, 5.41) is 11.5. The number of carbonyl (C=O) groups excluding carboxylic acids is 1. The molecule has 2 aromatic rings. The summed E-state index contributed by atoms with van der Waals surface area (Å²) in [6, 6.07) is 4.51. The molecule has 0 fully saturated rings. The smallest absolute Gasteiger partial charge is 0.261 e. The Kier molecular flexibility index (Phi) is 5.26. The highest BCUT2D eigenvalue weighted by Gasteiger charge is 2.20. The molecule has 1 heterocycles. The highest BCUT2D eigenvalue weighted by molar-refractivity contribution is 6.34. The molecule has 0 radical (unpaired) electrons. The zero-order valence-corrected chi connectivity index (χ0v) is 13.9. The van der Waals surface area contributed by atoms with Crippen LogP contribution in [0.4, 0.5) is 0 Å². The second-order valence-corrected chi connectivity index (χ2v) is 5.77. The fourth-order valence-corrected chi connectivity index (χ4v) is 2.44. The van der Waals surface area contributed by atoms with Crippen LogP contribution in [0, 0.1) is 0 Å². The van der Waals surface area contributed by atoms with Gasteiger partial charge in [0.25, 0.3) is 5.91 Å². The fourth-order valence-electron chi connectivity index (χ4n) is 1.93. The van der Waals surface area contributed by atoms with Gasteiger partial charge >= 0.3 is 0 Å². The van der Waals surface area contributed by atoms with Crippen molar-refractivity contribution in [1.29, 1.82) is 0 Å². The fraction of sp³-hybridized carbons (Fsp3) is 0.357. The number of nitrogens with one attached hydrogen (secondary N) is 1. The summed E-state index contributed by atoms with van der Waals surface area (Å²) in [5.41, 5.74) is 0. The highest BCUT2D eigenvalue weighted by Crippen LogP contribution is 2.25. The maximum Gasteiger partial charge on any atom is 0.261 e. The van der Waals surface area contributed by atoms with Crippen LogP contribution in [-0.2, 0) is 11.8 Å². The molecule has 8 heteroatoms. The van der Waals surface area contributed by atoms with E-state index >= 15 is 0 Å². The Morgan fingerprint density at radius 2 is 1.91 bits per heavy atom. The van der Waals surface area contributed by atoms with Crippen molar-refractivity contribution in [3.63, 3.8) is 0 Å². The van der Waals surface area contributed by atoms with Crippen molar-refractivity contribution >= 4 is 29.1 Å². The zero-order valence-electron chi connectivity index (χ0n) is 12.4. The molecule has 1 amide bonds. The Morgan fingerprint density at radius 3 is 2.45 bits per heavy atom. The normalized spacial score (nSPS) is 13.5. The average Bonchev–Trinajstić information content (AvgIpc) is 2.83. The van der Waals surface area contributed by atoms with Gasteiger partial charge in [-0.05, 0) is 32.0 Å². The molecule has 0 spiro atoms. The van der Waals surface area contributed by atoms with E-state index in [1.54, 1.807) is 36.0 Å². The lowest BCUT2D eigenvalue weighted by Gasteiger charge is -2.18. The lowest BCUT2D eigenvalue weighted by molar-refractivity contribution is -0.128. The van der Waals surface area contributed by atoms with Crippen molar-refractivity contribution in [3.05, 3.63) is 40.4 Å². The van der Waals surface area contributed by atoms with Crippen LogP contribution in [0.25, 0.3) is 0 Å². The Balaban J connectivity index is 1.98. The number of rotatable bonds is 5. The summed E-state index contributed by atoms with van der Waals surface area (Å²) in [5.74, 6) is 0.824. The molecular formula is C14H16Cl2N4O2. The van der Waals surface area contributed by atoms with E-state index in [1.807, 2.05) is 14.0 Å². The second kappa shape index (κ2) is 6.98. The third kappa shape index (κ3) is 4.11. The minimum Gasteiger partial charge on any atom is -0.481 e. The van der Waals surface area contributed by atoms with Crippen LogP contribution in [0.15, 0.2) is 24.5 Å². The molecule has 0 saturated heterocycles. The van der Waals surface area contributed by atoms with Gasteiger partial charge in [0, 0.05) is 17.1 Å². The van der Waals surface area contributed by atoms with Crippen molar-refractivity contribution < 1.29 is 9.53 Å². The molecule has 0 aliphatic heterocycles. The first-order valence-electron chi connectivity index (χ1n) is 6.64. The molecule has 2 atom stereocenters. The first kappa shape index (κ1) is 16.6. The number of benzene rings is 1. The van der Waals surface area contributed by atoms with Gasteiger partial charge in [-0.1, -0.05) is 23.2 Å². The van der Waals surface area contributed by atoms with E-state index in [0.717, 1.165) is 0 Å². The first-order chi connectivity index (χ1) is 10.4. The quantitative estimate of drug-likeness (QED) is 0.906. The molecule has 0 unspecified atom stereocenters. The van der Waals surface area contributed by atoms with Crippen LogP contribution >= 0.6 is 23.2 Å². The summed E-state index contributed by atoms with van der Waals surface area (Å²) >= 11 is 11.8. The molecule has 1 aromatic carbocycles. The molecule has 0 aliphatic carbocycles. The number of nitrogens with zero attached hydrogens (tertiary/aromatic N) is 3. The molecule has 1 N–H and O–H groups in total. The lowest BCUT2D eigenvalue weighted by Crippen LogP contribution is -2.38. The van der Waals surface area contributed by atoms with Gasteiger partial charge in [-0.2, -0.15) is 0 Å². The average molecular weight is 343 g/mol. The monoisotopic (exact) mass is 342 g/mol. The number of ether oxygens (including phenoxy) is 1. The summed E-state index contributed by atoms with van der Waals surface area (Å²) in [6.45, 7) is 3.47. The number of amides is 1. The van der Waals surface area contributed by atoms with Crippen molar-refractivity contribution in [3.8, 4) is 5.75 Å². The summed E-state index contributed by atoms with van der Waals surface area (Å²) in [7, 11) is 1.81. The third-order valence-electron chi connectivity index (χ3n) is 3.01.